The predicted molar refractivity (Wildman–Crippen MR) is 66.2 cm³/mol. The molecule has 14 heavy (non-hydrogen) atoms. The van der Waals surface area contributed by atoms with E-state index in [4.69, 9.17) is 4.74 Å². The van der Waals surface area contributed by atoms with E-state index in [-0.39, 0.29) is 5.60 Å². The largest absolute Gasteiger partial charge is 0.375 e. The standard InChI is InChI=1S/C11H24BrNO/c1-5-7-13(8-6-12)9-10-14-11(2,3)4/h5-10H2,1-4H3. The van der Waals surface area contributed by atoms with E-state index < -0.39 is 0 Å². The van der Waals surface area contributed by atoms with Gasteiger partial charge < -0.3 is 9.64 Å². The van der Waals surface area contributed by atoms with Gasteiger partial charge in [0.25, 0.3) is 0 Å². The Labute approximate surface area is 97.1 Å². The van der Waals surface area contributed by atoms with Crippen molar-refractivity contribution in [2.24, 2.45) is 0 Å². The van der Waals surface area contributed by atoms with Crippen molar-refractivity contribution in [2.75, 3.05) is 31.6 Å². The van der Waals surface area contributed by atoms with E-state index in [0.29, 0.717) is 0 Å². The quantitative estimate of drug-likeness (QED) is 0.657. The van der Waals surface area contributed by atoms with Crippen LogP contribution in [0.3, 0.4) is 0 Å². The Morgan fingerprint density at radius 2 is 1.79 bits per heavy atom. The molecule has 0 aliphatic heterocycles. The third kappa shape index (κ3) is 8.97. The molecule has 0 aliphatic carbocycles. The smallest absolute Gasteiger partial charge is 0.0600 e. The topological polar surface area (TPSA) is 12.5 Å². The molecule has 0 saturated carbocycles. The number of hydrogen-bond acceptors (Lipinski definition) is 2. The Bertz CT molecular complexity index is 128. The van der Waals surface area contributed by atoms with Crippen LogP contribution in [0.5, 0.6) is 0 Å². The summed E-state index contributed by atoms with van der Waals surface area (Å²) in [5, 5.41) is 1.04. The average molecular weight is 266 g/mol. The number of ether oxygens (including phenoxy) is 1. The number of hydrogen-bond donors (Lipinski definition) is 0. The highest BCUT2D eigenvalue weighted by molar-refractivity contribution is 9.09. The van der Waals surface area contributed by atoms with E-state index >= 15 is 0 Å². The molecule has 0 spiro atoms. The van der Waals surface area contributed by atoms with Crippen molar-refractivity contribution < 1.29 is 4.74 Å². The zero-order valence-electron chi connectivity index (χ0n) is 9.98. The molecule has 0 fully saturated rings. The molecule has 0 atom stereocenters. The van der Waals surface area contributed by atoms with Crippen LogP contribution in [0.4, 0.5) is 0 Å². The Morgan fingerprint density at radius 3 is 2.21 bits per heavy atom. The van der Waals surface area contributed by atoms with Gasteiger partial charge in [-0.15, -0.1) is 0 Å². The van der Waals surface area contributed by atoms with Crippen LogP contribution in [0.2, 0.25) is 0 Å². The highest BCUT2D eigenvalue weighted by atomic mass is 79.9. The van der Waals surface area contributed by atoms with Crippen molar-refractivity contribution in [3.63, 3.8) is 0 Å². The molecule has 0 heterocycles. The van der Waals surface area contributed by atoms with E-state index in [0.717, 1.165) is 25.0 Å². The second-order valence-electron chi connectivity index (χ2n) is 4.49. The van der Waals surface area contributed by atoms with Crippen molar-refractivity contribution in [3.05, 3.63) is 0 Å². The molecule has 0 aromatic heterocycles. The van der Waals surface area contributed by atoms with Gasteiger partial charge >= 0.3 is 0 Å². The third-order valence-electron chi connectivity index (χ3n) is 1.88. The molecule has 0 aromatic carbocycles. The van der Waals surface area contributed by atoms with Gasteiger partial charge in [0.2, 0.25) is 0 Å². The van der Waals surface area contributed by atoms with E-state index in [1.165, 1.54) is 13.0 Å². The zero-order chi connectivity index (χ0) is 11.0. The molecule has 0 amide bonds. The van der Waals surface area contributed by atoms with Gasteiger partial charge in [0, 0.05) is 18.4 Å². The highest BCUT2D eigenvalue weighted by Crippen LogP contribution is 2.06. The average Bonchev–Trinajstić information content (AvgIpc) is 2.02. The van der Waals surface area contributed by atoms with Gasteiger partial charge in [-0.1, -0.05) is 22.9 Å². The van der Waals surface area contributed by atoms with Gasteiger partial charge in [-0.2, -0.15) is 0 Å². The SMILES string of the molecule is CCCN(CCBr)CCOC(C)(C)C. The lowest BCUT2D eigenvalue weighted by molar-refractivity contribution is -0.0124. The molecule has 86 valence electrons. The Balaban J connectivity index is 3.60. The third-order valence-corrected chi connectivity index (χ3v) is 2.24. The minimum Gasteiger partial charge on any atom is -0.375 e. The van der Waals surface area contributed by atoms with E-state index in [2.05, 4.69) is 48.5 Å². The maximum Gasteiger partial charge on any atom is 0.0600 e. The summed E-state index contributed by atoms with van der Waals surface area (Å²) in [5.41, 5.74) is -0.00765. The summed E-state index contributed by atoms with van der Waals surface area (Å²) in [5.74, 6) is 0. The number of alkyl halides is 1. The van der Waals surface area contributed by atoms with Crippen molar-refractivity contribution in [2.45, 2.75) is 39.7 Å². The Kier molecular flexibility index (Phi) is 7.88. The summed E-state index contributed by atoms with van der Waals surface area (Å²) >= 11 is 3.47. The first-order chi connectivity index (χ1) is 6.49. The molecule has 0 saturated heterocycles. The van der Waals surface area contributed by atoms with Crippen LogP contribution in [0.1, 0.15) is 34.1 Å². The van der Waals surface area contributed by atoms with Gasteiger partial charge in [-0.25, -0.2) is 0 Å². The summed E-state index contributed by atoms with van der Waals surface area (Å²) < 4.78 is 5.70. The van der Waals surface area contributed by atoms with E-state index in [1.54, 1.807) is 0 Å². The molecule has 0 aromatic rings. The van der Waals surface area contributed by atoms with Crippen molar-refractivity contribution in [1.82, 2.24) is 4.90 Å². The first kappa shape index (κ1) is 14.4. The molecular formula is C11H24BrNO. The van der Waals surface area contributed by atoms with Crippen LogP contribution in [0.15, 0.2) is 0 Å². The maximum atomic E-state index is 5.70. The molecule has 0 unspecified atom stereocenters. The van der Waals surface area contributed by atoms with E-state index in [1.807, 2.05) is 0 Å². The van der Waals surface area contributed by atoms with Crippen LogP contribution < -0.4 is 0 Å². The van der Waals surface area contributed by atoms with Crippen molar-refractivity contribution in [3.8, 4) is 0 Å². The number of rotatable bonds is 7. The summed E-state index contributed by atoms with van der Waals surface area (Å²) in [6, 6.07) is 0. The molecule has 0 aliphatic rings. The molecule has 0 radical (unpaired) electrons. The van der Waals surface area contributed by atoms with Gasteiger partial charge in [-0.3, -0.25) is 0 Å². The second-order valence-corrected chi connectivity index (χ2v) is 5.28. The molecule has 2 nitrogen and oxygen atoms in total. The minimum atomic E-state index is -0.00765. The Morgan fingerprint density at radius 1 is 1.14 bits per heavy atom. The fourth-order valence-corrected chi connectivity index (χ4v) is 1.75. The highest BCUT2D eigenvalue weighted by Gasteiger charge is 2.10. The monoisotopic (exact) mass is 265 g/mol. The lowest BCUT2D eigenvalue weighted by Crippen LogP contribution is -2.32. The summed E-state index contributed by atoms with van der Waals surface area (Å²) in [4.78, 5) is 2.43. The van der Waals surface area contributed by atoms with Gasteiger partial charge in [0.05, 0.1) is 12.2 Å². The first-order valence-corrected chi connectivity index (χ1v) is 6.54. The molecular weight excluding hydrogens is 242 g/mol. The van der Waals surface area contributed by atoms with Crippen molar-refractivity contribution >= 4 is 15.9 Å². The number of nitrogens with zero attached hydrogens (tertiary/aromatic N) is 1. The van der Waals surface area contributed by atoms with Crippen molar-refractivity contribution in [1.29, 1.82) is 0 Å². The van der Waals surface area contributed by atoms with Crippen LogP contribution in [0, 0.1) is 0 Å². The molecule has 0 bridgehead atoms. The molecule has 0 N–H and O–H groups in total. The second kappa shape index (κ2) is 7.66. The minimum absolute atomic E-state index is 0.00765. The van der Waals surface area contributed by atoms with Crippen LogP contribution in [-0.4, -0.2) is 42.1 Å². The summed E-state index contributed by atoms with van der Waals surface area (Å²) in [6.07, 6.45) is 1.21. The molecule has 0 rings (SSSR count). The van der Waals surface area contributed by atoms with Crippen LogP contribution >= 0.6 is 15.9 Å². The van der Waals surface area contributed by atoms with E-state index in [9.17, 15) is 0 Å². The summed E-state index contributed by atoms with van der Waals surface area (Å²) in [6.45, 7) is 12.7. The predicted octanol–water partition coefficient (Wildman–Crippen LogP) is 2.91. The normalized spacial score (nSPS) is 12.4. The van der Waals surface area contributed by atoms with Gasteiger partial charge in [0.15, 0.2) is 0 Å². The maximum absolute atomic E-state index is 5.70. The zero-order valence-corrected chi connectivity index (χ0v) is 11.6. The summed E-state index contributed by atoms with van der Waals surface area (Å²) in [7, 11) is 0. The van der Waals surface area contributed by atoms with Gasteiger partial charge in [-0.05, 0) is 33.7 Å². The van der Waals surface area contributed by atoms with Gasteiger partial charge in [0.1, 0.15) is 0 Å². The first-order valence-electron chi connectivity index (χ1n) is 5.42. The van der Waals surface area contributed by atoms with Crippen LogP contribution in [0.25, 0.3) is 0 Å². The fraction of sp³-hybridized carbons (Fsp3) is 1.00. The lowest BCUT2D eigenvalue weighted by Gasteiger charge is -2.24. The van der Waals surface area contributed by atoms with Crippen LogP contribution in [-0.2, 0) is 4.74 Å². The fourth-order valence-electron chi connectivity index (χ4n) is 1.25. The molecule has 3 heteroatoms. The Hall–Kier alpha value is 0.400. The lowest BCUT2D eigenvalue weighted by atomic mass is 10.2. The number of halogens is 1.